The second-order valence-corrected chi connectivity index (χ2v) is 13.3. The highest BCUT2D eigenvalue weighted by atomic mass is 35.5. The predicted octanol–water partition coefficient (Wildman–Crippen LogP) is 5.00. The number of aliphatic hydroxyl groups is 1. The minimum atomic E-state index is -0.865. The molecule has 198 valence electrons. The Morgan fingerprint density at radius 3 is 2.72 bits per heavy atom. The van der Waals surface area contributed by atoms with Gasteiger partial charge in [0.25, 0.3) is 0 Å². The van der Waals surface area contributed by atoms with Gasteiger partial charge in [0, 0.05) is 36.6 Å². The zero-order valence-corrected chi connectivity index (χ0v) is 22.9. The van der Waals surface area contributed by atoms with Crippen molar-refractivity contribution in [3.05, 3.63) is 35.4 Å². The molecule has 7 aliphatic rings. The number of phenols is 1. The maximum atomic E-state index is 12.1. The SMILES string of the molecule is COC12C=CC3(C[C@H]1C(C)(O)CCC(C)C)C1Cc4ccc(O)c5c4C3(CCN1CC1CC1)[C@@H]2O5.Cl. The van der Waals surface area contributed by atoms with Gasteiger partial charge >= 0.3 is 0 Å². The lowest BCUT2D eigenvalue weighted by molar-refractivity contribution is -0.249. The topological polar surface area (TPSA) is 62.2 Å². The Morgan fingerprint density at radius 1 is 1.25 bits per heavy atom. The van der Waals surface area contributed by atoms with Crippen LogP contribution >= 0.6 is 12.4 Å². The van der Waals surface area contributed by atoms with Crippen molar-refractivity contribution in [2.45, 2.75) is 94.5 Å². The molecular formula is C30H42ClNO4. The van der Waals surface area contributed by atoms with Crippen LogP contribution in [0.2, 0.25) is 0 Å². The molecule has 4 bridgehead atoms. The molecule has 2 heterocycles. The van der Waals surface area contributed by atoms with Crippen molar-refractivity contribution in [1.82, 2.24) is 4.90 Å². The van der Waals surface area contributed by atoms with E-state index in [1.54, 1.807) is 7.11 Å². The monoisotopic (exact) mass is 515 g/mol. The van der Waals surface area contributed by atoms with Crippen molar-refractivity contribution in [2.24, 2.45) is 23.2 Å². The Bertz CT molecular complexity index is 1100. The summed E-state index contributed by atoms with van der Waals surface area (Å²) in [5.41, 5.74) is 0.669. The van der Waals surface area contributed by atoms with E-state index >= 15 is 0 Å². The number of phenolic OH excluding ortho intramolecular Hbond substituents is 1. The van der Waals surface area contributed by atoms with Gasteiger partial charge in [-0.05, 0) is 81.9 Å². The van der Waals surface area contributed by atoms with Crippen molar-refractivity contribution in [1.29, 1.82) is 0 Å². The van der Waals surface area contributed by atoms with E-state index in [0.29, 0.717) is 17.7 Å². The van der Waals surface area contributed by atoms with E-state index < -0.39 is 11.2 Å². The summed E-state index contributed by atoms with van der Waals surface area (Å²) in [5, 5.41) is 23.0. The number of likely N-dealkylation sites (tertiary alicyclic amines) is 1. The molecule has 0 radical (unpaired) electrons. The van der Waals surface area contributed by atoms with Crippen LogP contribution in [0.4, 0.5) is 0 Å². The Kier molecular flexibility index (Phi) is 5.48. The molecule has 5 unspecified atom stereocenters. The molecule has 2 aliphatic heterocycles. The van der Waals surface area contributed by atoms with Gasteiger partial charge in [0.05, 0.1) is 11.0 Å². The smallest absolute Gasteiger partial charge is 0.165 e. The van der Waals surface area contributed by atoms with E-state index in [1.807, 2.05) is 13.0 Å². The predicted molar refractivity (Wildman–Crippen MR) is 142 cm³/mol. The number of piperidine rings is 1. The number of benzene rings is 1. The summed E-state index contributed by atoms with van der Waals surface area (Å²) in [6.07, 6.45) is 11.9. The van der Waals surface area contributed by atoms with Gasteiger partial charge in [0.1, 0.15) is 11.7 Å². The molecule has 36 heavy (non-hydrogen) atoms. The Hall–Kier alpha value is -1.27. The number of nitrogens with zero attached hydrogens (tertiary/aromatic N) is 1. The number of methoxy groups -OCH3 is 1. The first-order chi connectivity index (χ1) is 16.7. The number of rotatable bonds is 7. The first-order valence-corrected chi connectivity index (χ1v) is 13.9. The number of hydrogen-bond acceptors (Lipinski definition) is 5. The molecule has 6 heteroatoms. The third-order valence-corrected chi connectivity index (χ3v) is 11.1. The molecule has 2 spiro atoms. The maximum absolute atomic E-state index is 12.1. The van der Waals surface area contributed by atoms with Gasteiger partial charge in [-0.3, -0.25) is 4.90 Å². The summed E-state index contributed by atoms with van der Waals surface area (Å²) >= 11 is 0. The summed E-state index contributed by atoms with van der Waals surface area (Å²) in [4.78, 5) is 2.78. The number of aromatic hydroxyl groups is 1. The van der Waals surface area contributed by atoms with Crippen molar-refractivity contribution >= 4 is 12.4 Å². The average Bonchev–Trinajstić information content (AvgIpc) is 3.57. The third-order valence-electron chi connectivity index (χ3n) is 11.1. The van der Waals surface area contributed by atoms with E-state index in [2.05, 4.69) is 37.0 Å². The first kappa shape index (κ1) is 25.0. The van der Waals surface area contributed by atoms with Crippen LogP contribution in [0.1, 0.15) is 70.4 Å². The van der Waals surface area contributed by atoms with E-state index in [4.69, 9.17) is 9.47 Å². The van der Waals surface area contributed by atoms with Gasteiger partial charge < -0.3 is 19.7 Å². The van der Waals surface area contributed by atoms with Gasteiger partial charge in [0.2, 0.25) is 0 Å². The molecular weight excluding hydrogens is 474 g/mol. The third kappa shape index (κ3) is 2.89. The normalized spacial score (nSPS) is 41.0. The van der Waals surface area contributed by atoms with Crippen LogP contribution in [-0.4, -0.2) is 58.7 Å². The Balaban J connectivity index is 0.00000240. The maximum Gasteiger partial charge on any atom is 0.165 e. The second kappa shape index (κ2) is 7.88. The minimum Gasteiger partial charge on any atom is -0.504 e. The molecule has 3 fully saturated rings. The first-order valence-electron chi connectivity index (χ1n) is 13.9. The molecule has 1 saturated heterocycles. The fourth-order valence-electron chi connectivity index (χ4n) is 9.24. The van der Waals surface area contributed by atoms with E-state index in [1.165, 1.54) is 30.5 Å². The van der Waals surface area contributed by atoms with Crippen LogP contribution in [-0.2, 0) is 16.6 Å². The van der Waals surface area contributed by atoms with Crippen molar-refractivity contribution < 1.29 is 19.7 Å². The highest BCUT2D eigenvalue weighted by molar-refractivity contribution is 5.85. The zero-order valence-electron chi connectivity index (χ0n) is 22.1. The van der Waals surface area contributed by atoms with Crippen LogP contribution in [0.25, 0.3) is 0 Å². The summed E-state index contributed by atoms with van der Waals surface area (Å²) < 4.78 is 13.3. The summed E-state index contributed by atoms with van der Waals surface area (Å²) in [5.74, 6) is 2.24. The molecule has 0 amide bonds. The van der Waals surface area contributed by atoms with Gasteiger partial charge in [-0.15, -0.1) is 12.4 Å². The fraction of sp³-hybridized carbons (Fsp3) is 0.733. The van der Waals surface area contributed by atoms with E-state index in [0.717, 1.165) is 44.6 Å². The number of halogens is 1. The molecule has 8 rings (SSSR count). The highest BCUT2D eigenvalue weighted by Crippen LogP contribution is 2.75. The lowest BCUT2D eigenvalue weighted by Gasteiger charge is -2.72. The van der Waals surface area contributed by atoms with Crippen LogP contribution in [0.3, 0.4) is 0 Å². The zero-order chi connectivity index (χ0) is 24.4. The van der Waals surface area contributed by atoms with E-state index in [-0.39, 0.29) is 41.0 Å². The van der Waals surface area contributed by atoms with Crippen LogP contribution in [0.5, 0.6) is 11.5 Å². The minimum absolute atomic E-state index is 0. The second-order valence-electron chi connectivity index (χ2n) is 13.3. The molecule has 1 aromatic carbocycles. The lowest BCUT2D eigenvalue weighted by atomic mass is 9.36. The fourth-order valence-corrected chi connectivity index (χ4v) is 9.24. The van der Waals surface area contributed by atoms with E-state index in [9.17, 15) is 10.2 Å². The summed E-state index contributed by atoms with van der Waals surface area (Å²) in [6, 6.07) is 4.36. The van der Waals surface area contributed by atoms with Gasteiger partial charge in [-0.25, -0.2) is 0 Å². The largest absolute Gasteiger partial charge is 0.504 e. The summed E-state index contributed by atoms with van der Waals surface area (Å²) in [6.45, 7) is 8.74. The molecule has 5 aliphatic carbocycles. The number of fused-ring (bicyclic) bond motifs is 1. The van der Waals surface area contributed by atoms with Gasteiger partial charge in [0.15, 0.2) is 11.5 Å². The van der Waals surface area contributed by atoms with Crippen molar-refractivity contribution in [3.8, 4) is 11.5 Å². The standard InChI is InChI=1S/C30H41NO4.ClH/c1-18(2)9-10-27(3,33)22-16-28-11-12-30(22,34-4)26-29(28)13-14-31(17-19-5-6-19)23(28)15-20-7-8-21(32)25(35-26)24(20)29;/h7-8,11-12,18-19,22-23,26,32-33H,5-6,9-10,13-17H2,1-4H3;1H/t22-,23?,26-,27?,28?,29?,30?;/m0./s1. The number of hydrogen-bond donors (Lipinski definition) is 2. The van der Waals surface area contributed by atoms with Crippen molar-refractivity contribution in [2.75, 3.05) is 20.2 Å². The highest BCUT2D eigenvalue weighted by Gasteiger charge is 2.80. The molecule has 2 N–H and O–H groups in total. The molecule has 7 atom stereocenters. The van der Waals surface area contributed by atoms with Crippen LogP contribution in [0, 0.1) is 23.2 Å². The average molecular weight is 516 g/mol. The molecule has 5 nitrogen and oxygen atoms in total. The van der Waals surface area contributed by atoms with Gasteiger partial charge in [-0.2, -0.15) is 0 Å². The van der Waals surface area contributed by atoms with Crippen LogP contribution in [0.15, 0.2) is 24.3 Å². The quantitative estimate of drug-likeness (QED) is 0.500. The number of ether oxygens (including phenoxy) is 2. The van der Waals surface area contributed by atoms with Crippen LogP contribution < -0.4 is 4.74 Å². The Morgan fingerprint density at radius 2 is 2.03 bits per heavy atom. The molecule has 0 aromatic heterocycles. The van der Waals surface area contributed by atoms with Crippen molar-refractivity contribution in [3.63, 3.8) is 0 Å². The van der Waals surface area contributed by atoms with Gasteiger partial charge in [-0.1, -0.05) is 32.1 Å². The molecule has 1 aromatic rings. The molecule has 2 saturated carbocycles. The Labute approximate surface area is 221 Å². The summed E-state index contributed by atoms with van der Waals surface area (Å²) in [7, 11) is 1.79. The lowest BCUT2D eigenvalue weighted by Crippen LogP contribution is -2.80.